The number of hydrogen-bond donors (Lipinski definition) is 0. The van der Waals surface area contributed by atoms with Crippen molar-refractivity contribution in [2.75, 3.05) is 0 Å². The molecule has 0 radical (unpaired) electrons. The Hall–Kier alpha value is -2.37. The third-order valence-electron chi connectivity index (χ3n) is 2.59. The minimum absolute atomic E-state index is 0.178. The van der Waals surface area contributed by atoms with Gasteiger partial charge in [0.25, 0.3) is 0 Å². The molecular weight excluding hydrogens is 243 g/mol. The molecule has 1 heterocycles. The number of nitrogens with zero attached hydrogens (tertiary/aromatic N) is 3. The topological polar surface area (TPSA) is 30.7 Å². The van der Waals surface area contributed by atoms with E-state index in [1.54, 1.807) is 24.3 Å². The second-order valence-electron chi connectivity index (χ2n) is 3.68. The summed E-state index contributed by atoms with van der Waals surface area (Å²) in [7, 11) is 0. The molecule has 0 spiro atoms. The lowest BCUT2D eigenvalue weighted by Crippen LogP contribution is -2.03. The zero-order valence-corrected chi connectivity index (χ0v) is 8.94. The number of halogens is 3. The summed E-state index contributed by atoms with van der Waals surface area (Å²) in [6, 6.07) is 8.80. The Kier molecular flexibility index (Phi) is 2.29. The van der Waals surface area contributed by atoms with Crippen LogP contribution in [0.2, 0.25) is 0 Å². The Morgan fingerprint density at radius 2 is 1.67 bits per heavy atom. The standard InChI is InChI=1S/C12H6F3N3/c13-7-5-6-10(12(15)11(7)14)18-9-4-2-1-3-8(9)16-17-18/h1-6H. The highest BCUT2D eigenvalue weighted by atomic mass is 19.2. The van der Waals surface area contributed by atoms with Crippen LogP contribution in [-0.4, -0.2) is 15.0 Å². The minimum atomic E-state index is -1.52. The molecule has 0 atom stereocenters. The SMILES string of the molecule is Fc1ccc(-n2nnc3ccccc32)c(F)c1F. The van der Waals surface area contributed by atoms with E-state index in [2.05, 4.69) is 10.3 Å². The number of fused-ring (bicyclic) bond motifs is 1. The summed E-state index contributed by atoms with van der Waals surface area (Å²) in [5.74, 6) is -4.04. The molecule has 0 saturated carbocycles. The van der Waals surface area contributed by atoms with Gasteiger partial charge in [0.05, 0.1) is 5.52 Å². The summed E-state index contributed by atoms with van der Waals surface area (Å²) in [6.07, 6.45) is 0. The van der Waals surface area contributed by atoms with Gasteiger partial charge in [-0.25, -0.2) is 17.9 Å². The van der Waals surface area contributed by atoms with Crippen molar-refractivity contribution in [2.45, 2.75) is 0 Å². The first-order valence-electron chi connectivity index (χ1n) is 5.13. The molecule has 3 nitrogen and oxygen atoms in total. The van der Waals surface area contributed by atoms with Gasteiger partial charge in [0.15, 0.2) is 17.5 Å². The molecule has 0 saturated heterocycles. The number of para-hydroxylation sites is 1. The largest absolute Gasteiger partial charge is 0.210 e. The molecule has 0 aliphatic carbocycles. The van der Waals surface area contributed by atoms with Crippen LogP contribution in [0.25, 0.3) is 16.7 Å². The molecule has 18 heavy (non-hydrogen) atoms. The maximum absolute atomic E-state index is 13.7. The fourth-order valence-electron chi connectivity index (χ4n) is 1.73. The zero-order chi connectivity index (χ0) is 12.7. The lowest BCUT2D eigenvalue weighted by atomic mass is 10.2. The van der Waals surface area contributed by atoms with Gasteiger partial charge in [0.2, 0.25) is 0 Å². The Morgan fingerprint density at radius 3 is 2.50 bits per heavy atom. The smallest absolute Gasteiger partial charge is 0.196 e. The highest BCUT2D eigenvalue weighted by molar-refractivity contribution is 5.75. The molecule has 3 rings (SSSR count). The van der Waals surface area contributed by atoms with E-state index in [0.717, 1.165) is 16.8 Å². The summed E-state index contributed by atoms with van der Waals surface area (Å²) in [5, 5.41) is 7.55. The van der Waals surface area contributed by atoms with E-state index in [4.69, 9.17) is 0 Å². The zero-order valence-electron chi connectivity index (χ0n) is 8.94. The molecule has 0 bridgehead atoms. The molecule has 2 aromatic carbocycles. The van der Waals surface area contributed by atoms with E-state index in [1.165, 1.54) is 0 Å². The number of rotatable bonds is 1. The first-order valence-corrected chi connectivity index (χ1v) is 5.13. The van der Waals surface area contributed by atoms with Crippen LogP contribution in [0.3, 0.4) is 0 Å². The Bertz CT molecular complexity index is 737. The van der Waals surface area contributed by atoms with E-state index >= 15 is 0 Å². The maximum Gasteiger partial charge on any atom is 0.196 e. The molecule has 1 aromatic heterocycles. The van der Waals surface area contributed by atoms with Crippen LogP contribution in [0.1, 0.15) is 0 Å². The molecule has 6 heteroatoms. The van der Waals surface area contributed by atoms with Crippen molar-refractivity contribution in [2.24, 2.45) is 0 Å². The molecule has 90 valence electrons. The second kappa shape index (κ2) is 3.83. The third-order valence-corrected chi connectivity index (χ3v) is 2.59. The highest BCUT2D eigenvalue weighted by Crippen LogP contribution is 2.21. The summed E-state index contributed by atoms with van der Waals surface area (Å²) >= 11 is 0. The third kappa shape index (κ3) is 1.46. The highest BCUT2D eigenvalue weighted by Gasteiger charge is 2.17. The molecular formula is C12H6F3N3. The summed E-state index contributed by atoms with van der Waals surface area (Å²) in [5.41, 5.74) is 0.881. The fraction of sp³-hybridized carbons (Fsp3) is 0. The van der Waals surface area contributed by atoms with Crippen molar-refractivity contribution in [3.8, 4) is 5.69 Å². The van der Waals surface area contributed by atoms with Crippen LogP contribution in [0.15, 0.2) is 36.4 Å². The lowest BCUT2D eigenvalue weighted by molar-refractivity contribution is 0.443. The summed E-state index contributed by atoms with van der Waals surface area (Å²) in [6.45, 7) is 0. The van der Waals surface area contributed by atoms with Gasteiger partial charge in [-0.05, 0) is 24.3 Å². The second-order valence-corrected chi connectivity index (χ2v) is 3.68. The quantitative estimate of drug-likeness (QED) is 0.621. The van der Waals surface area contributed by atoms with Crippen molar-refractivity contribution in [3.05, 3.63) is 53.8 Å². The average molecular weight is 249 g/mol. The van der Waals surface area contributed by atoms with Crippen LogP contribution in [0.4, 0.5) is 13.2 Å². The Balaban J connectivity index is 2.30. The van der Waals surface area contributed by atoms with Gasteiger partial charge >= 0.3 is 0 Å². The van der Waals surface area contributed by atoms with Gasteiger partial charge < -0.3 is 0 Å². The van der Waals surface area contributed by atoms with Gasteiger partial charge in [-0.2, -0.15) is 0 Å². The number of hydrogen-bond acceptors (Lipinski definition) is 2. The molecule has 0 N–H and O–H groups in total. The van der Waals surface area contributed by atoms with E-state index < -0.39 is 17.5 Å². The molecule has 0 amide bonds. The fourth-order valence-corrected chi connectivity index (χ4v) is 1.73. The van der Waals surface area contributed by atoms with Crippen molar-refractivity contribution in [1.82, 2.24) is 15.0 Å². The van der Waals surface area contributed by atoms with Crippen LogP contribution < -0.4 is 0 Å². The Labute approximate surface area is 99.5 Å². The van der Waals surface area contributed by atoms with Crippen molar-refractivity contribution < 1.29 is 13.2 Å². The first kappa shape index (κ1) is 10.8. The van der Waals surface area contributed by atoms with Crippen LogP contribution in [0, 0.1) is 17.5 Å². The van der Waals surface area contributed by atoms with Gasteiger partial charge in [-0.1, -0.05) is 17.3 Å². The Morgan fingerprint density at radius 1 is 0.889 bits per heavy atom. The van der Waals surface area contributed by atoms with Crippen LogP contribution in [0.5, 0.6) is 0 Å². The van der Waals surface area contributed by atoms with Gasteiger partial charge in [-0.3, -0.25) is 0 Å². The molecule has 0 aliphatic rings. The molecule has 0 unspecified atom stereocenters. The molecule has 0 fully saturated rings. The van der Waals surface area contributed by atoms with E-state index in [0.29, 0.717) is 11.0 Å². The predicted molar refractivity (Wildman–Crippen MR) is 58.7 cm³/mol. The number of aromatic nitrogens is 3. The normalized spacial score (nSPS) is 11.1. The predicted octanol–water partition coefficient (Wildman–Crippen LogP) is 2.84. The summed E-state index contributed by atoms with van der Waals surface area (Å²) < 4.78 is 40.8. The van der Waals surface area contributed by atoms with Crippen molar-refractivity contribution in [1.29, 1.82) is 0 Å². The van der Waals surface area contributed by atoms with Crippen molar-refractivity contribution in [3.63, 3.8) is 0 Å². The van der Waals surface area contributed by atoms with Crippen LogP contribution in [-0.2, 0) is 0 Å². The van der Waals surface area contributed by atoms with Gasteiger partial charge in [-0.15, -0.1) is 5.10 Å². The molecule has 0 aliphatic heterocycles. The average Bonchev–Trinajstić information content (AvgIpc) is 2.80. The lowest BCUT2D eigenvalue weighted by Gasteiger charge is -2.04. The maximum atomic E-state index is 13.7. The minimum Gasteiger partial charge on any atom is -0.210 e. The van der Waals surface area contributed by atoms with E-state index in [1.807, 2.05) is 0 Å². The van der Waals surface area contributed by atoms with Crippen LogP contribution >= 0.6 is 0 Å². The van der Waals surface area contributed by atoms with Crippen molar-refractivity contribution >= 4 is 11.0 Å². The van der Waals surface area contributed by atoms with E-state index in [-0.39, 0.29) is 5.69 Å². The monoisotopic (exact) mass is 249 g/mol. The van der Waals surface area contributed by atoms with Gasteiger partial charge in [0.1, 0.15) is 11.2 Å². The van der Waals surface area contributed by atoms with E-state index in [9.17, 15) is 13.2 Å². The summed E-state index contributed by atoms with van der Waals surface area (Å²) in [4.78, 5) is 0. The molecule has 3 aromatic rings. The number of benzene rings is 2. The van der Waals surface area contributed by atoms with Gasteiger partial charge in [0, 0.05) is 0 Å². The first-order chi connectivity index (χ1) is 8.68.